The van der Waals surface area contributed by atoms with Crippen LogP contribution in [0.4, 0.5) is 0 Å². The lowest BCUT2D eigenvalue weighted by atomic mass is 9.76. The minimum absolute atomic E-state index is 0.323. The highest BCUT2D eigenvalue weighted by molar-refractivity contribution is 5.24. The van der Waals surface area contributed by atoms with Crippen LogP contribution in [-0.2, 0) is 0 Å². The van der Waals surface area contributed by atoms with Crippen molar-refractivity contribution >= 4 is 0 Å². The summed E-state index contributed by atoms with van der Waals surface area (Å²) in [5.41, 5.74) is 5.69. The van der Waals surface area contributed by atoms with Gasteiger partial charge in [-0.1, -0.05) is 56.0 Å². The summed E-state index contributed by atoms with van der Waals surface area (Å²) in [5.74, 6) is 7.43. The van der Waals surface area contributed by atoms with Crippen LogP contribution in [-0.4, -0.2) is 0 Å². The average Bonchev–Trinajstić information content (AvgIpc) is 2.42. The van der Waals surface area contributed by atoms with Crippen LogP contribution in [0.5, 0.6) is 0 Å². The van der Waals surface area contributed by atoms with Crippen molar-refractivity contribution in [1.82, 2.24) is 5.43 Å². The maximum Gasteiger partial charge on any atom is 0.0488 e. The Bertz CT molecular complexity index is 350. The van der Waals surface area contributed by atoms with Crippen molar-refractivity contribution in [2.45, 2.75) is 52.0 Å². The zero-order chi connectivity index (χ0) is 13.0. The van der Waals surface area contributed by atoms with E-state index in [1.165, 1.54) is 43.2 Å². The van der Waals surface area contributed by atoms with Crippen LogP contribution >= 0.6 is 0 Å². The summed E-state index contributed by atoms with van der Waals surface area (Å²) in [7, 11) is 0. The van der Waals surface area contributed by atoms with E-state index in [4.69, 9.17) is 5.84 Å². The average molecular weight is 246 g/mol. The highest BCUT2D eigenvalue weighted by Crippen LogP contribution is 2.37. The second kappa shape index (κ2) is 6.35. The Morgan fingerprint density at radius 3 is 2.28 bits per heavy atom. The Hall–Kier alpha value is -0.860. The first-order valence-electron chi connectivity index (χ1n) is 7.27. The van der Waals surface area contributed by atoms with E-state index in [1.54, 1.807) is 0 Å². The topological polar surface area (TPSA) is 38.0 Å². The normalized spacial score (nSPS) is 25.9. The summed E-state index contributed by atoms with van der Waals surface area (Å²) in [6.45, 7) is 4.44. The maximum atomic E-state index is 5.79. The van der Waals surface area contributed by atoms with Crippen LogP contribution in [0.1, 0.15) is 56.2 Å². The summed E-state index contributed by atoms with van der Waals surface area (Å²) in [4.78, 5) is 0. The fourth-order valence-electron chi connectivity index (χ4n) is 3.21. The van der Waals surface area contributed by atoms with Gasteiger partial charge in [0.15, 0.2) is 0 Å². The van der Waals surface area contributed by atoms with Crippen LogP contribution in [0.2, 0.25) is 0 Å². The van der Waals surface area contributed by atoms with Crippen LogP contribution in [0.25, 0.3) is 0 Å². The molecule has 1 fully saturated rings. The molecule has 3 N–H and O–H groups in total. The van der Waals surface area contributed by atoms with Gasteiger partial charge in [0.05, 0.1) is 0 Å². The predicted octanol–water partition coefficient (Wildman–Crippen LogP) is 3.72. The Labute approximate surface area is 111 Å². The van der Waals surface area contributed by atoms with Gasteiger partial charge >= 0.3 is 0 Å². The summed E-state index contributed by atoms with van der Waals surface area (Å²) < 4.78 is 0. The molecule has 1 aliphatic rings. The van der Waals surface area contributed by atoms with E-state index < -0.39 is 0 Å². The molecule has 2 heteroatoms. The maximum absolute atomic E-state index is 5.79. The summed E-state index contributed by atoms with van der Waals surface area (Å²) in [5, 5.41) is 0. The molecule has 0 bridgehead atoms. The van der Waals surface area contributed by atoms with Gasteiger partial charge in [0, 0.05) is 6.04 Å². The van der Waals surface area contributed by atoms with E-state index in [-0.39, 0.29) is 0 Å². The monoisotopic (exact) mass is 246 g/mol. The first-order valence-corrected chi connectivity index (χ1v) is 7.27. The molecular formula is C16H26N2. The molecule has 0 amide bonds. The standard InChI is InChI=1S/C16H26N2/c1-3-13-6-10-15(11-7-13)16(18-17)14-8-4-12(2)5-9-14/h4-5,8-9,13,15-16,18H,3,6-7,10-11,17H2,1-2H3. The zero-order valence-electron chi connectivity index (χ0n) is 11.7. The molecule has 1 atom stereocenters. The number of hydrazine groups is 1. The first kappa shape index (κ1) is 13.6. The van der Waals surface area contributed by atoms with Crippen LogP contribution < -0.4 is 11.3 Å². The smallest absolute Gasteiger partial charge is 0.0488 e. The summed E-state index contributed by atoms with van der Waals surface area (Å²) >= 11 is 0. The molecule has 0 radical (unpaired) electrons. The predicted molar refractivity (Wildman–Crippen MR) is 77.0 cm³/mol. The van der Waals surface area contributed by atoms with E-state index in [1.807, 2.05) is 0 Å². The SMILES string of the molecule is CCC1CCC(C(NN)c2ccc(C)cc2)CC1. The number of rotatable bonds is 4. The Morgan fingerprint density at radius 2 is 1.78 bits per heavy atom. The molecule has 2 rings (SSSR count). The van der Waals surface area contributed by atoms with Gasteiger partial charge in [-0.15, -0.1) is 0 Å². The number of nitrogens with two attached hydrogens (primary N) is 1. The Morgan fingerprint density at radius 1 is 1.17 bits per heavy atom. The second-order valence-electron chi connectivity index (χ2n) is 5.74. The van der Waals surface area contributed by atoms with Crippen LogP contribution in [0, 0.1) is 18.8 Å². The van der Waals surface area contributed by atoms with Crippen molar-refractivity contribution in [2.24, 2.45) is 17.7 Å². The first-order chi connectivity index (χ1) is 8.74. The fourth-order valence-corrected chi connectivity index (χ4v) is 3.21. The Kier molecular flexibility index (Phi) is 4.79. The molecule has 0 spiro atoms. The minimum atomic E-state index is 0.323. The van der Waals surface area contributed by atoms with Gasteiger partial charge < -0.3 is 0 Å². The van der Waals surface area contributed by atoms with Gasteiger partial charge in [-0.3, -0.25) is 11.3 Å². The second-order valence-corrected chi connectivity index (χ2v) is 5.74. The van der Waals surface area contributed by atoms with Gasteiger partial charge in [0.25, 0.3) is 0 Å². The molecule has 2 nitrogen and oxygen atoms in total. The molecule has 0 aliphatic heterocycles. The Balaban J connectivity index is 2.03. The van der Waals surface area contributed by atoms with E-state index in [2.05, 4.69) is 43.5 Å². The van der Waals surface area contributed by atoms with Crippen molar-refractivity contribution in [2.75, 3.05) is 0 Å². The van der Waals surface area contributed by atoms with Crippen molar-refractivity contribution in [3.8, 4) is 0 Å². The number of aryl methyl sites for hydroxylation is 1. The summed E-state index contributed by atoms with van der Waals surface area (Å²) in [6, 6.07) is 9.11. The van der Waals surface area contributed by atoms with Gasteiger partial charge in [0.2, 0.25) is 0 Å². The van der Waals surface area contributed by atoms with E-state index in [9.17, 15) is 0 Å². The van der Waals surface area contributed by atoms with Crippen LogP contribution in [0.3, 0.4) is 0 Å². The molecule has 1 aliphatic carbocycles. The molecule has 1 unspecified atom stereocenters. The third-order valence-corrected chi connectivity index (χ3v) is 4.56. The zero-order valence-corrected chi connectivity index (χ0v) is 11.7. The van der Waals surface area contributed by atoms with Gasteiger partial charge in [0.1, 0.15) is 0 Å². The van der Waals surface area contributed by atoms with Gasteiger partial charge in [-0.25, -0.2) is 0 Å². The molecule has 100 valence electrons. The lowest BCUT2D eigenvalue weighted by Gasteiger charge is -2.33. The number of hydrogen-bond acceptors (Lipinski definition) is 2. The molecule has 18 heavy (non-hydrogen) atoms. The van der Waals surface area contributed by atoms with Crippen LogP contribution in [0.15, 0.2) is 24.3 Å². The van der Waals surface area contributed by atoms with Crippen molar-refractivity contribution in [1.29, 1.82) is 0 Å². The number of nitrogens with one attached hydrogen (secondary N) is 1. The minimum Gasteiger partial charge on any atom is -0.271 e. The third kappa shape index (κ3) is 3.12. The lowest BCUT2D eigenvalue weighted by molar-refractivity contribution is 0.219. The number of benzene rings is 1. The fraction of sp³-hybridized carbons (Fsp3) is 0.625. The van der Waals surface area contributed by atoms with Crippen molar-refractivity contribution in [3.05, 3.63) is 35.4 Å². The third-order valence-electron chi connectivity index (χ3n) is 4.56. The highest BCUT2D eigenvalue weighted by Gasteiger charge is 2.27. The van der Waals surface area contributed by atoms with E-state index in [0.29, 0.717) is 12.0 Å². The molecule has 1 aromatic rings. The molecule has 1 saturated carbocycles. The van der Waals surface area contributed by atoms with Gasteiger partial charge in [-0.2, -0.15) is 0 Å². The summed E-state index contributed by atoms with van der Waals surface area (Å²) in [6.07, 6.45) is 6.68. The van der Waals surface area contributed by atoms with E-state index >= 15 is 0 Å². The van der Waals surface area contributed by atoms with E-state index in [0.717, 1.165) is 5.92 Å². The molecule has 1 aromatic carbocycles. The lowest BCUT2D eigenvalue weighted by Crippen LogP contribution is -2.35. The molecule has 0 heterocycles. The molecular weight excluding hydrogens is 220 g/mol. The quantitative estimate of drug-likeness (QED) is 0.628. The molecule has 0 saturated heterocycles. The van der Waals surface area contributed by atoms with Crippen molar-refractivity contribution < 1.29 is 0 Å². The highest BCUT2D eigenvalue weighted by atomic mass is 15.2. The van der Waals surface area contributed by atoms with Gasteiger partial charge in [-0.05, 0) is 37.2 Å². The number of hydrogen-bond donors (Lipinski definition) is 2. The van der Waals surface area contributed by atoms with Crippen molar-refractivity contribution in [3.63, 3.8) is 0 Å². The largest absolute Gasteiger partial charge is 0.271 e. The molecule has 0 aromatic heterocycles.